The van der Waals surface area contributed by atoms with Crippen molar-refractivity contribution in [3.05, 3.63) is 29.8 Å². The van der Waals surface area contributed by atoms with E-state index in [1.165, 1.54) is 17.7 Å². The highest BCUT2D eigenvalue weighted by Gasteiger charge is 2.16. The SMILES string of the molecule is CCCNC(C)c1ccccc1N1CCOCC1. The van der Waals surface area contributed by atoms with Crippen molar-refractivity contribution in [2.75, 3.05) is 37.7 Å². The Morgan fingerprint density at radius 2 is 2.00 bits per heavy atom. The monoisotopic (exact) mass is 248 g/mol. The van der Waals surface area contributed by atoms with Gasteiger partial charge < -0.3 is 15.0 Å². The van der Waals surface area contributed by atoms with E-state index in [2.05, 4.69) is 48.3 Å². The molecule has 0 radical (unpaired) electrons. The average molecular weight is 248 g/mol. The number of hydrogen-bond donors (Lipinski definition) is 1. The second kappa shape index (κ2) is 6.76. The van der Waals surface area contributed by atoms with Gasteiger partial charge in [-0.25, -0.2) is 0 Å². The molecule has 1 aromatic carbocycles. The third kappa shape index (κ3) is 3.24. The van der Waals surface area contributed by atoms with Crippen molar-refractivity contribution in [3.8, 4) is 0 Å². The molecule has 1 N–H and O–H groups in total. The topological polar surface area (TPSA) is 24.5 Å². The normalized spacial score (nSPS) is 17.8. The fourth-order valence-corrected chi connectivity index (χ4v) is 2.42. The molecule has 0 aliphatic carbocycles. The van der Waals surface area contributed by atoms with E-state index in [0.29, 0.717) is 6.04 Å². The summed E-state index contributed by atoms with van der Waals surface area (Å²) in [4.78, 5) is 2.43. The minimum absolute atomic E-state index is 0.406. The van der Waals surface area contributed by atoms with Gasteiger partial charge in [0.1, 0.15) is 0 Å². The van der Waals surface area contributed by atoms with E-state index in [9.17, 15) is 0 Å². The lowest BCUT2D eigenvalue weighted by molar-refractivity contribution is 0.122. The Bertz CT molecular complexity index is 361. The number of hydrogen-bond acceptors (Lipinski definition) is 3. The molecule has 1 aliphatic heterocycles. The van der Waals surface area contributed by atoms with Crippen molar-refractivity contribution in [2.24, 2.45) is 0 Å². The van der Waals surface area contributed by atoms with Crippen LogP contribution in [0.5, 0.6) is 0 Å². The number of para-hydroxylation sites is 1. The smallest absolute Gasteiger partial charge is 0.0642 e. The maximum Gasteiger partial charge on any atom is 0.0642 e. The Labute approximate surface area is 110 Å². The second-order valence-electron chi connectivity index (χ2n) is 4.83. The fraction of sp³-hybridized carbons (Fsp3) is 0.600. The zero-order chi connectivity index (χ0) is 12.8. The van der Waals surface area contributed by atoms with Crippen LogP contribution < -0.4 is 10.2 Å². The molecule has 0 spiro atoms. The number of ether oxygens (including phenoxy) is 1. The van der Waals surface area contributed by atoms with Gasteiger partial charge in [0.05, 0.1) is 13.2 Å². The van der Waals surface area contributed by atoms with E-state index in [0.717, 1.165) is 32.8 Å². The molecule has 0 saturated carbocycles. The van der Waals surface area contributed by atoms with Gasteiger partial charge in [-0.3, -0.25) is 0 Å². The minimum Gasteiger partial charge on any atom is -0.378 e. The number of nitrogens with zero attached hydrogens (tertiary/aromatic N) is 1. The van der Waals surface area contributed by atoms with E-state index in [1.54, 1.807) is 0 Å². The summed E-state index contributed by atoms with van der Waals surface area (Å²) in [5, 5.41) is 3.57. The third-order valence-electron chi connectivity index (χ3n) is 3.46. The van der Waals surface area contributed by atoms with Gasteiger partial charge in [-0.05, 0) is 31.5 Å². The first-order valence-electron chi connectivity index (χ1n) is 6.98. The average Bonchev–Trinajstić information content (AvgIpc) is 2.45. The lowest BCUT2D eigenvalue weighted by atomic mass is 10.0. The van der Waals surface area contributed by atoms with E-state index in [-0.39, 0.29) is 0 Å². The highest BCUT2D eigenvalue weighted by Crippen LogP contribution is 2.26. The number of nitrogens with one attached hydrogen (secondary N) is 1. The fourth-order valence-electron chi connectivity index (χ4n) is 2.42. The molecule has 3 nitrogen and oxygen atoms in total. The van der Waals surface area contributed by atoms with Crippen molar-refractivity contribution < 1.29 is 4.74 Å². The summed E-state index contributed by atoms with van der Waals surface area (Å²) in [5.41, 5.74) is 2.75. The maximum absolute atomic E-state index is 5.43. The summed E-state index contributed by atoms with van der Waals surface area (Å²) >= 11 is 0. The Hall–Kier alpha value is -1.06. The molecular formula is C15H24N2O. The van der Waals surface area contributed by atoms with Crippen molar-refractivity contribution in [1.82, 2.24) is 5.32 Å². The highest BCUT2D eigenvalue weighted by atomic mass is 16.5. The molecule has 1 saturated heterocycles. The van der Waals surface area contributed by atoms with Crippen LogP contribution in [-0.4, -0.2) is 32.8 Å². The zero-order valence-corrected chi connectivity index (χ0v) is 11.5. The van der Waals surface area contributed by atoms with Crippen LogP contribution in [0.3, 0.4) is 0 Å². The standard InChI is InChI=1S/C15H24N2O/c1-3-8-16-13(2)14-6-4-5-7-15(14)17-9-11-18-12-10-17/h4-7,13,16H,3,8-12H2,1-2H3. The number of anilines is 1. The van der Waals surface area contributed by atoms with Crippen molar-refractivity contribution in [1.29, 1.82) is 0 Å². The van der Waals surface area contributed by atoms with Crippen molar-refractivity contribution >= 4 is 5.69 Å². The Morgan fingerprint density at radius 1 is 1.28 bits per heavy atom. The van der Waals surface area contributed by atoms with Crippen LogP contribution in [0.4, 0.5) is 5.69 Å². The van der Waals surface area contributed by atoms with Gasteiger partial charge >= 0.3 is 0 Å². The van der Waals surface area contributed by atoms with Crippen LogP contribution in [0.15, 0.2) is 24.3 Å². The highest BCUT2D eigenvalue weighted by molar-refractivity contribution is 5.55. The molecule has 0 amide bonds. The lowest BCUT2D eigenvalue weighted by Gasteiger charge is -2.32. The molecule has 1 heterocycles. The van der Waals surface area contributed by atoms with E-state index in [4.69, 9.17) is 4.74 Å². The molecule has 18 heavy (non-hydrogen) atoms. The first kappa shape index (κ1) is 13.4. The molecule has 3 heteroatoms. The molecule has 100 valence electrons. The Kier molecular flexibility index (Phi) is 5.02. The lowest BCUT2D eigenvalue weighted by Crippen LogP contribution is -2.37. The molecule has 1 aromatic rings. The summed E-state index contributed by atoms with van der Waals surface area (Å²) in [7, 11) is 0. The predicted octanol–water partition coefficient (Wildman–Crippen LogP) is 2.58. The number of morpholine rings is 1. The van der Waals surface area contributed by atoms with Crippen LogP contribution in [0.25, 0.3) is 0 Å². The minimum atomic E-state index is 0.406. The predicted molar refractivity (Wildman–Crippen MR) is 76.2 cm³/mol. The Balaban J connectivity index is 2.13. The zero-order valence-electron chi connectivity index (χ0n) is 11.5. The molecule has 0 bridgehead atoms. The quantitative estimate of drug-likeness (QED) is 0.867. The molecule has 1 fully saturated rings. The van der Waals surface area contributed by atoms with Gasteiger partial charge in [0.15, 0.2) is 0 Å². The largest absolute Gasteiger partial charge is 0.378 e. The molecule has 0 aromatic heterocycles. The molecular weight excluding hydrogens is 224 g/mol. The Morgan fingerprint density at radius 3 is 2.72 bits per heavy atom. The second-order valence-corrected chi connectivity index (χ2v) is 4.83. The summed E-state index contributed by atoms with van der Waals surface area (Å²) in [6.07, 6.45) is 1.17. The van der Waals surface area contributed by atoms with Gasteiger partial charge in [-0.2, -0.15) is 0 Å². The van der Waals surface area contributed by atoms with Crippen LogP contribution in [0.1, 0.15) is 31.9 Å². The summed E-state index contributed by atoms with van der Waals surface area (Å²) in [6.45, 7) is 9.19. The van der Waals surface area contributed by atoms with E-state index >= 15 is 0 Å². The summed E-state index contributed by atoms with van der Waals surface area (Å²) in [5.74, 6) is 0. The van der Waals surface area contributed by atoms with Crippen LogP contribution in [0, 0.1) is 0 Å². The summed E-state index contributed by atoms with van der Waals surface area (Å²) in [6, 6.07) is 9.12. The van der Waals surface area contributed by atoms with Gasteiger partial charge in [0.25, 0.3) is 0 Å². The number of benzene rings is 1. The van der Waals surface area contributed by atoms with Crippen molar-refractivity contribution in [3.63, 3.8) is 0 Å². The molecule has 1 atom stereocenters. The maximum atomic E-state index is 5.43. The first-order chi connectivity index (χ1) is 8.83. The first-order valence-corrected chi connectivity index (χ1v) is 6.98. The van der Waals surface area contributed by atoms with Crippen molar-refractivity contribution in [2.45, 2.75) is 26.3 Å². The van der Waals surface area contributed by atoms with Gasteiger partial charge in [0.2, 0.25) is 0 Å². The molecule has 1 unspecified atom stereocenters. The van der Waals surface area contributed by atoms with E-state index < -0.39 is 0 Å². The van der Waals surface area contributed by atoms with Gasteiger partial charge in [-0.1, -0.05) is 25.1 Å². The molecule has 1 aliphatic rings. The van der Waals surface area contributed by atoms with Gasteiger partial charge in [0, 0.05) is 24.8 Å². The van der Waals surface area contributed by atoms with E-state index in [1.807, 2.05) is 0 Å². The number of rotatable bonds is 5. The van der Waals surface area contributed by atoms with Gasteiger partial charge in [-0.15, -0.1) is 0 Å². The third-order valence-corrected chi connectivity index (χ3v) is 3.46. The molecule has 2 rings (SSSR count). The van der Waals surface area contributed by atoms with Crippen LogP contribution in [-0.2, 0) is 4.74 Å². The summed E-state index contributed by atoms with van der Waals surface area (Å²) < 4.78 is 5.43. The van der Waals surface area contributed by atoms with Crippen LogP contribution >= 0.6 is 0 Å². The van der Waals surface area contributed by atoms with Crippen LogP contribution in [0.2, 0.25) is 0 Å².